The molecule has 1 saturated heterocycles. The van der Waals surface area contributed by atoms with Gasteiger partial charge in [-0.1, -0.05) is 30.3 Å². The molecule has 124 valence electrons. The monoisotopic (exact) mass is 325 g/mol. The third kappa shape index (κ3) is 3.56. The minimum atomic E-state index is -0.953. The van der Waals surface area contributed by atoms with Gasteiger partial charge in [-0.3, -0.25) is 4.79 Å². The van der Waals surface area contributed by atoms with Crippen molar-refractivity contribution in [3.63, 3.8) is 0 Å². The van der Waals surface area contributed by atoms with Crippen LogP contribution in [0.4, 0.5) is 0 Å². The van der Waals surface area contributed by atoms with Crippen LogP contribution >= 0.6 is 0 Å². The molecular formula is C19H19NO4. The molecule has 0 saturated carbocycles. The summed E-state index contributed by atoms with van der Waals surface area (Å²) in [6.45, 7) is 1.39. The molecule has 0 unspecified atom stereocenters. The lowest BCUT2D eigenvalue weighted by Crippen LogP contribution is -2.34. The molecule has 3 rings (SSSR count). The summed E-state index contributed by atoms with van der Waals surface area (Å²) in [6, 6.07) is 14.8. The van der Waals surface area contributed by atoms with E-state index in [9.17, 15) is 14.7 Å². The van der Waals surface area contributed by atoms with Gasteiger partial charge in [-0.05, 0) is 37.1 Å². The van der Waals surface area contributed by atoms with Gasteiger partial charge in [0.25, 0.3) is 5.91 Å². The van der Waals surface area contributed by atoms with Gasteiger partial charge in [0.2, 0.25) is 6.10 Å². The Hall–Kier alpha value is -2.82. The highest BCUT2D eigenvalue weighted by molar-refractivity contribution is 5.92. The normalized spacial score (nSPS) is 15.1. The average Bonchev–Trinajstić information content (AvgIpc) is 3.15. The molecule has 0 radical (unpaired) electrons. The van der Waals surface area contributed by atoms with E-state index in [4.69, 9.17) is 4.74 Å². The second kappa shape index (κ2) is 7.17. The highest BCUT2D eigenvalue weighted by atomic mass is 16.5. The topological polar surface area (TPSA) is 66.8 Å². The zero-order valence-corrected chi connectivity index (χ0v) is 13.2. The van der Waals surface area contributed by atoms with Crippen molar-refractivity contribution in [3.8, 4) is 5.75 Å². The number of hydrogen-bond donors (Lipinski definition) is 1. The number of esters is 1. The first-order valence-electron chi connectivity index (χ1n) is 7.99. The first-order chi connectivity index (χ1) is 11.6. The molecule has 0 spiro atoms. The first kappa shape index (κ1) is 16.1. The predicted molar refractivity (Wildman–Crippen MR) is 88.5 cm³/mol. The number of rotatable bonds is 4. The Bertz CT molecular complexity index is 706. The lowest BCUT2D eigenvalue weighted by molar-refractivity contribution is -0.140. The number of aromatic hydroxyl groups is 1. The molecule has 1 fully saturated rings. The van der Waals surface area contributed by atoms with E-state index in [1.54, 1.807) is 17.0 Å². The average molecular weight is 325 g/mol. The fourth-order valence-electron chi connectivity index (χ4n) is 2.76. The molecule has 1 heterocycles. The molecule has 1 N–H and O–H groups in total. The Kier molecular flexibility index (Phi) is 4.79. The van der Waals surface area contributed by atoms with E-state index < -0.39 is 12.1 Å². The Labute approximate surface area is 140 Å². The molecule has 0 aliphatic carbocycles. The van der Waals surface area contributed by atoms with Gasteiger partial charge in [0.05, 0.1) is 5.56 Å². The van der Waals surface area contributed by atoms with Gasteiger partial charge in [0.15, 0.2) is 0 Å². The largest absolute Gasteiger partial charge is 0.508 e. The third-order valence-corrected chi connectivity index (χ3v) is 4.07. The first-order valence-corrected chi connectivity index (χ1v) is 7.99. The zero-order valence-electron chi connectivity index (χ0n) is 13.2. The maximum atomic E-state index is 12.8. The molecule has 2 aromatic rings. The van der Waals surface area contributed by atoms with Crippen LogP contribution < -0.4 is 0 Å². The quantitative estimate of drug-likeness (QED) is 0.878. The number of benzene rings is 2. The summed E-state index contributed by atoms with van der Waals surface area (Å²) in [7, 11) is 0. The predicted octanol–water partition coefficient (Wildman–Crippen LogP) is 2.91. The SMILES string of the molecule is O=C(O[C@H](C(=O)N1CCCC1)c1ccccc1)c1ccc(O)cc1. The Morgan fingerprint density at radius 3 is 2.21 bits per heavy atom. The molecule has 2 aromatic carbocycles. The van der Waals surface area contributed by atoms with Crippen LogP contribution in [0.2, 0.25) is 0 Å². The number of phenols is 1. The van der Waals surface area contributed by atoms with Crippen molar-refractivity contribution in [1.82, 2.24) is 4.90 Å². The molecule has 5 heteroatoms. The van der Waals surface area contributed by atoms with Gasteiger partial charge in [0, 0.05) is 18.7 Å². The highest BCUT2D eigenvalue weighted by Crippen LogP contribution is 2.24. The number of nitrogens with zero attached hydrogens (tertiary/aromatic N) is 1. The van der Waals surface area contributed by atoms with Crippen LogP contribution in [-0.4, -0.2) is 35.0 Å². The van der Waals surface area contributed by atoms with Crippen molar-refractivity contribution in [2.75, 3.05) is 13.1 Å². The van der Waals surface area contributed by atoms with E-state index in [2.05, 4.69) is 0 Å². The number of carbonyl (C=O) groups is 2. The molecule has 1 amide bonds. The molecule has 0 bridgehead atoms. The van der Waals surface area contributed by atoms with Crippen molar-refractivity contribution in [2.45, 2.75) is 18.9 Å². The van der Waals surface area contributed by atoms with Crippen molar-refractivity contribution >= 4 is 11.9 Å². The second-order valence-corrected chi connectivity index (χ2v) is 5.78. The van der Waals surface area contributed by atoms with Gasteiger partial charge < -0.3 is 14.7 Å². The van der Waals surface area contributed by atoms with Crippen molar-refractivity contribution in [1.29, 1.82) is 0 Å². The minimum absolute atomic E-state index is 0.0688. The van der Waals surface area contributed by atoms with Crippen LogP contribution in [0.25, 0.3) is 0 Å². The van der Waals surface area contributed by atoms with Crippen molar-refractivity contribution in [3.05, 3.63) is 65.7 Å². The summed E-state index contributed by atoms with van der Waals surface area (Å²) in [5.74, 6) is -0.707. The van der Waals surface area contributed by atoms with Crippen LogP contribution in [0.1, 0.15) is 34.9 Å². The third-order valence-electron chi connectivity index (χ3n) is 4.07. The van der Waals surface area contributed by atoms with Crippen molar-refractivity contribution < 1.29 is 19.4 Å². The summed E-state index contributed by atoms with van der Waals surface area (Å²) in [4.78, 5) is 26.9. The van der Waals surface area contributed by atoms with Crippen LogP contribution in [0.15, 0.2) is 54.6 Å². The standard InChI is InChI=1S/C19H19NO4/c21-16-10-8-15(9-11-16)19(23)24-17(14-6-2-1-3-7-14)18(22)20-12-4-5-13-20/h1-3,6-11,17,21H,4-5,12-13H2/t17-/m0/s1. The molecule has 5 nitrogen and oxygen atoms in total. The van der Waals surface area contributed by atoms with E-state index >= 15 is 0 Å². The van der Waals surface area contributed by atoms with Crippen LogP contribution in [-0.2, 0) is 9.53 Å². The van der Waals surface area contributed by atoms with Crippen LogP contribution in [0, 0.1) is 0 Å². The van der Waals surface area contributed by atoms with E-state index in [1.807, 2.05) is 18.2 Å². The van der Waals surface area contributed by atoms with Crippen molar-refractivity contribution in [2.24, 2.45) is 0 Å². The van der Waals surface area contributed by atoms with E-state index in [-0.39, 0.29) is 11.7 Å². The van der Waals surface area contributed by atoms with Gasteiger partial charge in [-0.25, -0.2) is 4.79 Å². The summed E-state index contributed by atoms with van der Waals surface area (Å²) >= 11 is 0. The number of carbonyl (C=O) groups excluding carboxylic acids is 2. The van der Waals surface area contributed by atoms with Gasteiger partial charge in [0.1, 0.15) is 5.75 Å². The number of ether oxygens (including phenoxy) is 1. The van der Waals surface area contributed by atoms with Gasteiger partial charge in [-0.2, -0.15) is 0 Å². The molecule has 1 aliphatic rings. The molecule has 1 aliphatic heterocycles. The fourth-order valence-corrected chi connectivity index (χ4v) is 2.76. The Morgan fingerprint density at radius 1 is 0.958 bits per heavy atom. The summed E-state index contributed by atoms with van der Waals surface area (Å²) in [6.07, 6.45) is 0.990. The van der Waals surface area contributed by atoms with E-state index in [0.717, 1.165) is 12.8 Å². The Balaban J connectivity index is 1.83. The maximum absolute atomic E-state index is 12.8. The van der Waals surface area contributed by atoms with Gasteiger partial charge >= 0.3 is 5.97 Å². The lowest BCUT2D eigenvalue weighted by Gasteiger charge is -2.23. The molecular weight excluding hydrogens is 306 g/mol. The van der Waals surface area contributed by atoms with Gasteiger partial charge in [-0.15, -0.1) is 0 Å². The number of hydrogen-bond acceptors (Lipinski definition) is 4. The maximum Gasteiger partial charge on any atom is 0.339 e. The zero-order chi connectivity index (χ0) is 16.9. The molecule has 0 aromatic heterocycles. The van der Waals surface area contributed by atoms with E-state index in [1.165, 1.54) is 24.3 Å². The second-order valence-electron chi connectivity index (χ2n) is 5.78. The number of amides is 1. The Morgan fingerprint density at radius 2 is 1.58 bits per heavy atom. The molecule has 1 atom stereocenters. The van der Waals surface area contributed by atoms with E-state index in [0.29, 0.717) is 24.2 Å². The summed E-state index contributed by atoms with van der Waals surface area (Å²) < 4.78 is 5.52. The fraction of sp³-hybridized carbons (Fsp3) is 0.263. The molecule has 24 heavy (non-hydrogen) atoms. The highest BCUT2D eigenvalue weighted by Gasteiger charge is 2.31. The van der Waals surface area contributed by atoms with Crippen LogP contribution in [0.5, 0.6) is 5.75 Å². The minimum Gasteiger partial charge on any atom is -0.508 e. The lowest BCUT2D eigenvalue weighted by atomic mass is 10.1. The van der Waals surface area contributed by atoms with Crippen LogP contribution in [0.3, 0.4) is 0 Å². The summed E-state index contributed by atoms with van der Waals surface area (Å²) in [5.41, 5.74) is 0.949. The number of phenolic OH excluding ortho intramolecular Hbond substituents is 1. The smallest absolute Gasteiger partial charge is 0.339 e. The number of likely N-dealkylation sites (tertiary alicyclic amines) is 1. The summed E-state index contributed by atoms with van der Waals surface area (Å²) in [5, 5.41) is 9.32.